The van der Waals surface area contributed by atoms with Gasteiger partial charge in [0.05, 0.1) is 17.7 Å². The zero-order chi connectivity index (χ0) is 12.4. The number of benzene rings is 1. The summed E-state index contributed by atoms with van der Waals surface area (Å²) >= 11 is 0. The van der Waals surface area contributed by atoms with Crippen LogP contribution in [-0.2, 0) is 0 Å². The predicted octanol–water partition coefficient (Wildman–Crippen LogP) is 2.48. The summed E-state index contributed by atoms with van der Waals surface area (Å²) in [5.41, 5.74) is 1.60. The zero-order valence-electron chi connectivity index (χ0n) is 10.1. The highest BCUT2D eigenvalue weighted by Gasteiger charge is 2.17. The first-order valence-electron chi connectivity index (χ1n) is 6.34. The van der Waals surface area contributed by atoms with E-state index in [1.807, 2.05) is 12.3 Å². The minimum Gasteiger partial charge on any atom is -0.316 e. The Hall–Kier alpha value is -1.68. The SMILES string of the molecule is Fc1ccccc1-n1cnc([C@H]2CCCNC2)c1. The summed E-state index contributed by atoms with van der Waals surface area (Å²) in [6.45, 7) is 2.05. The van der Waals surface area contributed by atoms with Gasteiger partial charge in [-0.25, -0.2) is 9.37 Å². The van der Waals surface area contributed by atoms with E-state index in [1.165, 1.54) is 12.5 Å². The molecule has 1 atom stereocenters. The lowest BCUT2D eigenvalue weighted by molar-refractivity contribution is 0.455. The maximum atomic E-state index is 13.7. The Balaban J connectivity index is 1.87. The van der Waals surface area contributed by atoms with Crippen molar-refractivity contribution in [3.8, 4) is 5.69 Å². The van der Waals surface area contributed by atoms with Crippen molar-refractivity contribution in [3.63, 3.8) is 0 Å². The Bertz CT molecular complexity index is 529. The zero-order valence-corrected chi connectivity index (χ0v) is 10.1. The number of nitrogens with zero attached hydrogens (tertiary/aromatic N) is 2. The molecule has 2 aromatic rings. The number of para-hydroxylation sites is 1. The molecular weight excluding hydrogens is 229 g/mol. The van der Waals surface area contributed by atoms with E-state index in [0.717, 1.165) is 25.2 Å². The lowest BCUT2D eigenvalue weighted by atomic mass is 9.97. The third kappa shape index (κ3) is 2.16. The molecule has 3 nitrogen and oxygen atoms in total. The van der Waals surface area contributed by atoms with Crippen molar-refractivity contribution >= 4 is 0 Å². The lowest BCUT2D eigenvalue weighted by Gasteiger charge is -2.20. The van der Waals surface area contributed by atoms with E-state index in [0.29, 0.717) is 11.6 Å². The van der Waals surface area contributed by atoms with E-state index >= 15 is 0 Å². The van der Waals surface area contributed by atoms with Crippen molar-refractivity contribution in [2.24, 2.45) is 0 Å². The maximum Gasteiger partial charge on any atom is 0.147 e. The predicted molar refractivity (Wildman–Crippen MR) is 68.4 cm³/mol. The number of hydrogen-bond acceptors (Lipinski definition) is 2. The Labute approximate surface area is 106 Å². The number of aromatic nitrogens is 2. The summed E-state index contributed by atoms with van der Waals surface area (Å²) < 4.78 is 15.4. The van der Waals surface area contributed by atoms with E-state index in [1.54, 1.807) is 23.0 Å². The summed E-state index contributed by atoms with van der Waals surface area (Å²) in [5, 5.41) is 3.37. The van der Waals surface area contributed by atoms with Crippen molar-refractivity contribution in [2.75, 3.05) is 13.1 Å². The fraction of sp³-hybridized carbons (Fsp3) is 0.357. The van der Waals surface area contributed by atoms with Crippen LogP contribution in [0.2, 0.25) is 0 Å². The summed E-state index contributed by atoms with van der Waals surface area (Å²) in [4.78, 5) is 4.41. The van der Waals surface area contributed by atoms with Gasteiger partial charge >= 0.3 is 0 Å². The largest absolute Gasteiger partial charge is 0.316 e. The van der Waals surface area contributed by atoms with Gasteiger partial charge in [0.2, 0.25) is 0 Å². The molecule has 0 amide bonds. The number of imidazole rings is 1. The van der Waals surface area contributed by atoms with Gasteiger partial charge in [0.15, 0.2) is 0 Å². The van der Waals surface area contributed by atoms with Crippen LogP contribution in [0.25, 0.3) is 5.69 Å². The number of halogens is 1. The molecule has 0 aliphatic carbocycles. The van der Waals surface area contributed by atoms with E-state index in [2.05, 4.69) is 10.3 Å². The molecular formula is C14H16FN3. The Morgan fingerprint density at radius 1 is 1.33 bits per heavy atom. The van der Waals surface area contributed by atoms with Crippen LogP contribution in [0.3, 0.4) is 0 Å². The monoisotopic (exact) mass is 245 g/mol. The van der Waals surface area contributed by atoms with Crippen LogP contribution in [0.15, 0.2) is 36.8 Å². The number of hydrogen-bond donors (Lipinski definition) is 1. The minimum atomic E-state index is -0.219. The molecule has 3 rings (SSSR count). The topological polar surface area (TPSA) is 29.9 Å². The summed E-state index contributed by atoms with van der Waals surface area (Å²) in [7, 11) is 0. The number of nitrogens with one attached hydrogen (secondary N) is 1. The van der Waals surface area contributed by atoms with Gasteiger partial charge in [-0.05, 0) is 31.5 Å². The number of rotatable bonds is 2. The molecule has 0 bridgehead atoms. The van der Waals surface area contributed by atoms with Crippen molar-refractivity contribution in [2.45, 2.75) is 18.8 Å². The Kier molecular flexibility index (Phi) is 3.11. The standard InChI is InChI=1S/C14H16FN3/c15-12-5-1-2-6-14(12)18-9-13(17-10-18)11-4-3-7-16-8-11/h1-2,5-6,9-11,16H,3-4,7-8H2/t11-/m0/s1. The summed E-state index contributed by atoms with van der Waals surface area (Å²) in [5.74, 6) is 0.231. The fourth-order valence-electron chi connectivity index (χ4n) is 2.45. The molecule has 18 heavy (non-hydrogen) atoms. The van der Waals surface area contributed by atoms with Crippen LogP contribution < -0.4 is 5.32 Å². The molecule has 1 aliphatic rings. The fourth-order valence-corrected chi connectivity index (χ4v) is 2.45. The molecule has 1 saturated heterocycles. The van der Waals surface area contributed by atoms with Crippen molar-refractivity contribution in [1.82, 2.24) is 14.9 Å². The molecule has 1 aromatic carbocycles. The van der Waals surface area contributed by atoms with Crippen LogP contribution in [0.1, 0.15) is 24.5 Å². The number of piperidine rings is 1. The second-order valence-electron chi connectivity index (χ2n) is 4.70. The van der Waals surface area contributed by atoms with E-state index in [-0.39, 0.29) is 5.82 Å². The van der Waals surface area contributed by atoms with Crippen LogP contribution >= 0.6 is 0 Å². The van der Waals surface area contributed by atoms with Crippen molar-refractivity contribution in [3.05, 3.63) is 48.3 Å². The molecule has 0 spiro atoms. The lowest BCUT2D eigenvalue weighted by Crippen LogP contribution is -2.28. The molecule has 4 heteroatoms. The van der Waals surface area contributed by atoms with E-state index in [4.69, 9.17) is 0 Å². The first-order valence-corrected chi connectivity index (χ1v) is 6.34. The normalized spacial score (nSPS) is 19.9. The van der Waals surface area contributed by atoms with Crippen LogP contribution in [-0.4, -0.2) is 22.6 Å². The Morgan fingerprint density at radius 2 is 2.22 bits per heavy atom. The highest BCUT2D eigenvalue weighted by atomic mass is 19.1. The first-order chi connectivity index (χ1) is 8.84. The van der Waals surface area contributed by atoms with Crippen LogP contribution in [0.5, 0.6) is 0 Å². The highest BCUT2D eigenvalue weighted by Crippen LogP contribution is 2.23. The van der Waals surface area contributed by atoms with Gasteiger partial charge in [-0.15, -0.1) is 0 Å². The molecule has 94 valence electrons. The average molecular weight is 245 g/mol. The third-order valence-electron chi connectivity index (χ3n) is 3.45. The second-order valence-corrected chi connectivity index (χ2v) is 4.70. The third-order valence-corrected chi connectivity index (χ3v) is 3.45. The molecule has 1 aromatic heterocycles. The summed E-state index contributed by atoms with van der Waals surface area (Å²) in [6.07, 6.45) is 5.97. The molecule has 2 heterocycles. The van der Waals surface area contributed by atoms with Gasteiger partial charge in [-0.3, -0.25) is 0 Å². The molecule has 1 N–H and O–H groups in total. The molecule has 0 radical (unpaired) electrons. The summed E-state index contributed by atoms with van der Waals surface area (Å²) in [6, 6.07) is 6.76. The van der Waals surface area contributed by atoms with Gasteiger partial charge in [0.25, 0.3) is 0 Å². The molecule has 1 fully saturated rings. The highest BCUT2D eigenvalue weighted by molar-refractivity contribution is 5.34. The van der Waals surface area contributed by atoms with Gasteiger partial charge in [0.1, 0.15) is 5.82 Å². The smallest absolute Gasteiger partial charge is 0.147 e. The van der Waals surface area contributed by atoms with Gasteiger partial charge in [-0.2, -0.15) is 0 Å². The van der Waals surface area contributed by atoms with Gasteiger partial charge in [-0.1, -0.05) is 12.1 Å². The minimum absolute atomic E-state index is 0.219. The maximum absolute atomic E-state index is 13.7. The molecule has 0 unspecified atom stereocenters. The average Bonchev–Trinajstić information content (AvgIpc) is 2.90. The van der Waals surface area contributed by atoms with Crippen molar-refractivity contribution < 1.29 is 4.39 Å². The Morgan fingerprint density at radius 3 is 3.00 bits per heavy atom. The van der Waals surface area contributed by atoms with Crippen LogP contribution in [0.4, 0.5) is 4.39 Å². The van der Waals surface area contributed by atoms with Crippen molar-refractivity contribution in [1.29, 1.82) is 0 Å². The van der Waals surface area contributed by atoms with Gasteiger partial charge in [0, 0.05) is 18.7 Å². The molecule has 0 saturated carbocycles. The molecule has 1 aliphatic heterocycles. The van der Waals surface area contributed by atoms with E-state index < -0.39 is 0 Å². The first kappa shape index (κ1) is 11.4. The quantitative estimate of drug-likeness (QED) is 0.881. The van der Waals surface area contributed by atoms with E-state index in [9.17, 15) is 4.39 Å². The van der Waals surface area contributed by atoms with Gasteiger partial charge < -0.3 is 9.88 Å². The van der Waals surface area contributed by atoms with Crippen LogP contribution in [0, 0.1) is 5.82 Å². The second kappa shape index (κ2) is 4.90.